The highest BCUT2D eigenvalue weighted by molar-refractivity contribution is 7.16. The van der Waals surface area contributed by atoms with Gasteiger partial charge in [-0.1, -0.05) is 0 Å². The molecule has 0 bridgehead atoms. The van der Waals surface area contributed by atoms with Crippen molar-refractivity contribution in [1.29, 1.82) is 0 Å². The molecule has 8 nitrogen and oxygen atoms in total. The Balaban J connectivity index is 2.02. The average molecular weight is 290 g/mol. The number of aromatic amines is 1. The predicted molar refractivity (Wildman–Crippen MR) is 74.7 cm³/mol. The average Bonchev–Trinajstić information content (AvgIpc) is 3.08. The van der Waals surface area contributed by atoms with E-state index in [1.54, 1.807) is 11.6 Å². The first kappa shape index (κ1) is 12.5. The molecule has 1 aromatic carbocycles. The van der Waals surface area contributed by atoms with E-state index in [1.807, 2.05) is 13.0 Å². The maximum Gasteiger partial charge on any atom is 0.319 e. The molecule has 9 heteroatoms. The van der Waals surface area contributed by atoms with Crippen molar-refractivity contribution in [3.8, 4) is 0 Å². The number of H-pyrrole nitrogens is 1. The normalized spacial score (nSPS) is 12.4. The Morgan fingerprint density at radius 3 is 3.00 bits per heavy atom. The first-order valence-corrected chi connectivity index (χ1v) is 6.67. The predicted octanol–water partition coefficient (Wildman–Crippen LogP) is 2.50. The molecule has 1 atom stereocenters. The van der Waals surface area contributed by atoms with Crippen LogP contribution in [0.3, 0.4) is 0 Å². The van der Waals surface area contributed by atoms with Gasteiger partial charge in [0.1, 0.15) is 17.8 Å². The van der Waals surface area contributed by atoms with Crippen molar-refractivity contribution in [1.82, 2.24) is 20.2 Å². The van der Waals surface area contributed by atoms with Gasteiger partial charge in [-0.2, -0.15) is 5.10 Å². The van der Waals surface area contributed by atoms with Gasteiger partial charge in [-0.15, -0.1) is 11.3 Å². The second-order valence-corrected chi connectivity index (χ2v) is 5.04. The minimum Gasteiger partial charge on any atom is -0.370 e. The highest BCUT2D eigenvalue weighted by atomic mass is 32.1. The third-order valence-electron chi connectivity index (χ3n) is 2.87. The Labute approximate surface area is 117 Å². The summed E-state index contributed by atoms with van der Waals surface area (Å²) in [5.74, 6) is 0.609. The Hall–Kier alpha value is -2.55. The van der Waals surface area contributed by atoms with Gasteiger partial charge in [0, 0.05) is 0 Å². The fourth-order valence-electron chi connectivity index (χ4n) is 1.94. The molecule has 0 saturated carbocycles. The van der Waals surface area contributed by atoms with Gasteiger partial charge < -0.3 is 5.32 Å². The van der Waals surface area contributed by atoms with Crippen molar-refractivity contribution < 1.29 is 4.92 Å². The van der Waals surface area contributed by atoms with Gasteiger partial charge in [-0.05, 0) is 19.1 Å². The van der Waals surface area contributed by atoms with Crippen LogP contribution in [0.1, 0.15) is 18.8 Å². The van der Waals surface area contributed by atoms with Gasteiger partial charge in [-0.25, -0.2) is 9.97 Å². The second-order valence-electron chi connectivity index (χ2n) is 4.15. The van der Waals surface area contributed by atoms with Gasteiger partial charge in [0.05, 0.1) is 21.2 Å². The van der Waals surface area contributed by atoms with E-state index in [-0.39, 0.29) is 11.7 Å². The summed E-state index contributed by atoms with van der Waals surface area (Å²) in [6.45, 7) is 1.84. The number of benzene rings is 1. The van der Waals surface area contributed by atoms with Gasteiger partial charge in [0.2, 0.25) is 0 Å². The molecule has 20 heavy (non-hydrogen) atoms. The lowest BCUT2D eigenvalue weighted by Gasteiger charge is -2.12. The zero-order chi connectivity index (χ0) is 14.1. The van der Waals surface area contributed by atoms with Crippen LogP contribution in [0.5, 0.6) is 0 Å². The lowest BCUT2D eigenvalue weighted by molar-refractivity contribution is -0.382. The van der Waals surface area contributed by atoms with Crippen LogP contribution in [0.2, 0.25) is 0 Å². The molecule has 0 fully saturated rings. The fraction of sp³-hybridized carbons (Fsp3) is 0.182. The van der Waals surface area contributed by atoms with E-state index >= 15 is 0 Å². The van der Waals surface area contributed by atoms with Crippen LogP contribution in [-0.4, -0.2) is 25.1 Å². The van der Waals surface area contributed by atoms with Gasteiger partial charge >= 0.3 is 5.69 Å². The SMILES string of the molecule is CC(Nc1ccc2scnc2c1[N+](=O)[O-])c1ncn[nH]1. The van der Waals surface area contributed by atoms with Gasteiger partial charge in [0.15, 0.2) is 5.52 Å². The lowest BCUT2D eigenvalue weighted by atomic mass is 10.2. The summed E-state index contributed by atoms with van der Waals surface area (Å²) in [5, 5.41) is 20.9. The number of hydrogen-bond donors (Lipinski definition) is 2. The van der Waals surface area contributed by atoms with E-state index in [0.717, 1.165) is 4.70 Å². The fourth-order valence-corrected chi connectivity index (χ4v) is 2.62. The number of nitrogens with zero attached hydrogens (tertiary/aromatic N) is 4. The number of aromatic nitrogens is 4. The summed E-state index contributed by atoms with van der Waals surface area (Å²) in [6.07, 6.45) is 1.39. The molecule has 0 spiro atoms. The molecule has 1 unspecified atom stereocenters. The summed E-state index contributed by atoms with van der Waals surface area (Å²) in [6, 6.07) is 3.27. The Bertz CT molecular complexity index is 753. The third-order valence-corrected chi connectivity index (χ3v) is 3.67. The standard InChI is InChI=1S/C11H10N6O2S/c1-6(11-12-4-14-16-11)15-7-2-3-8-9(13-5-20-8)10(7)17(18)19/h2-6,15H,1H3,(H,12,14,16). The van der Waals surface area contributed by atoms with Crippen LogP contribution >= 0.6 is 11.3 Å². The minimum atomic E-state index is -0.419. The second kappa shape index (κ2) is 4.85. The molecule has 0 aliphatic rings. The van der Waals surface area contributed by atoms with Gasteiger partial charge in [-0.3, -0.25) is 15.2 Å². The summed E-state index contributed by atoms with van der Waals surface area (Å²) >= 11 is 1.37. The number of rotatable bonds is 4. The van der Waals surface area contributed by atoms with Crippen LogP contribution in [0.15, 0.2) is 24.0 Å². The van der Waals surface area contributed by atoms with Crippen molar-refractivity contribution in [2.75, 3.05) is 5.32 Å². The molecule has 3 aromatic rings. The van der Waals surface area contributed by atoms with Crippen molar-refractivity contribution >= 4 is 32.9 Å². The number of nitrogens with one attached hydrogen (secondary N) is 2. The van der Waals surface area contributed by atoms with Crippen molar-refractivity contribution in [3.63, 3.8) is 0 Å². The van der Waals surface area contributed by atoms with Crippen LogP contribution in [0, 0.1) is 10.1 Å². The Morgan fingerprint density at radius 1 is 1.45 bits per heavy atom. The minimum absolute atomic E-state index is 0.0184. The first-order valence-electron chi connectivity index (χ1n) is 5.79. The number of hydrogen-bond acceptors (Lipinski definition) is 7. The quantitative estimate of drug-likeness (QED) is 0.564. The van der Waals surface area contributed by atoms with Crippen LogP contribution in [0.25, 0.3) is 10.2 Å². The molecule has 2 heterocycles. The summed E-state index contributed by atoms with van der Waals surface area (Å²) < 4.78 is 0.787. The largest absolute Gasteiger partial charge is 0.370 e. The molecule has 3 rings (SSSR count). The van der Waals surface area contributed by atoms with E-state index < -0.39 is 4.92 Å². The Morgan fingerprint density at radius 2 is 2.30 bits per heavy atom. The van der Waals surface area contributed by atoms with E-state index in [0.29, 0.717) is 17.0 Å². The molecule has 102 valence electrons. The van der Waals surface area contributed by atoms with Crippen LogP contribution < -0.4 is 5.32 Å². The number of nitro groups is 1. The molecular formula is C11H10N6O2S. The molecule has 0 saturated heterocycles. The summed E-state index contributed by atoms with van der Waals surface area (Å²) in [5.41, 5.74) is 2.39. The molecule has 0 aliphatic carbocycles. The van der Waals surface area contributed by atoms with Crippen LogP contribution in [0.4, 0.5) is 11.4 Å². The number of fused-ring (bicyclic) bond motifs is 1. The lowest BCUT2D eigenvalue weighted by Crippen LogP contribution is -2.10. The highest BCUT2D eigenvalue weighted by Crippen LogP contribution is 2.35. The molecule has 0 radical (unpaired) electrons. The molecule has 2 aromatic heterocycles. The monoisotopic (exact) mass is 290 g/mol. The van der Waals surface area contributed by atoms with E-state index in [4.69, 9.17) is 0 Å². The van der Waals surface area contributed by atoms with Crippen molar-refractivity contribution in [2.45, 2.75) is 13.0 Å². The zero-order valence-corrected chi connectivity index (χ0v) is 11.2. The van der Waals surface area contributed by atoms with Crippen molar-refractivity contribution in [2.24, 2.45) is 0 Å². The Kier molecular flexibility index (Phi) is 3.03. The number of anilines is 1. The third kappa shape index (κ3) is 2.07. The van der Waals surface area contributed by atoms with Crippen LogP contribution in [-0.2, 0) is 0 Å². The molecule has 0 aliphatic heterocycles. The first-order chi connectivity index (χ1) is 9.66. The zero-order valence-electron chi connectivity index (χ0n) is 10.4. The van der Waals surface area contributed by atoms with E-state index in [2.05, 4.69) is 25.5 Å². The van der Waals surface area contributed by atoms with Crippen molar-refractivity contribution in [3.05, 3.63) is 39.9 Å². The number of nitro benzene ring substituents is 1. The maximum atomic E-state index is 11.3. The van der Waals surface area contributed by atoms with E-state index in [9.17, 15) is 10.1 Å². The summed E-state index contributed by atoms with van der Waals surface area (Å²) in [7, 11) is 0. The topological polar surface area (TPSA) is 110 Å². The number of thiazole rings is 1. The smallest absolute Gasteiger partial charge is 0.319 e. The van der Waals surface area contributed by atoms with E-state index in [1.165, 1.54) is 17.7 Å². The maximum absolute atomic E-state index is 11.3. The highest BCUT2D eigenvalue weighted by Gasteiger charge is 2.22. The molecule has 2 N–H and O–H groups in total. The van der Waals surface area contributed by atoms with Gasteiger partial charge in [0.25, 0.3) is 0 Å². The summed E-state index contributed by atoms with van der Waals surface area (Å²) in [4.78, 5) is 19.0. The molecular weight excluding hydrogens is 280 g/mol. The molecule has 0 amide bonds.